The summed E-state index contributed by atoms with van der Waals surface area (Å²) in [5.41, 5.74) is 1.43. The average Bonchev–Trinajstić information content (AvgIpc) is 2.28. The second kappa shape index (κ2) is 4.81. The van der Waals surface area contributed by atoms with E-state index in [1.54, 1.807) is 6.07 Å². The zero-order chi connectivity index (χ0) is 11.4. The fourth-order valence-electron chi connectivity index (χ4n) is 1.26. The Balaban J connectivity index is 3.34. The number of benzene rings is 1. The summed E-state index contributed by atoms with van der Waals surface area (Å²) in [6.07, 6.45) is 0.665. The van der Waals surface area contributed by atoms with E-state index in [1.165, 1.54) is 13.2 Å². The lowest BCUT2D eigenvalue weighted by Crippen LogP contribution is -2.03. The maximum atomic E-state index is 11.3. The van der Waals surface area contributed by atoms with Crippen LogP contribution in [-0.2, 0) is 11.2 Å². The van der Waals surface area contributed by atoms with Crippen LogP contribution in [-0.4, -0.2) is 13.1 Å². The molecule has 0 unspecified atom stereocenters. The number of nitrogens with zero attached hydrogens (tertiary/aromatic N) is 1. The molecule has 0 N–H and O–H groups in total. The van der Waals surface area contributed by atoms with Crippen LogP contribution in [0, 0.1) is 11.3 Å². The molecule has 1 rings (SSSR count). The molecule has 1 aromatic carbocycles. The van der Waals surface area contributed by atoms with Gasteiger partial charge in [-0.15, -0.1) is 0 Å². The molecule has 0 bridgehead atoms. The van der Waals surface area contributed by atoms with E-state index in [0.29, 0.717) is 22.6 Å². The van der Waals surface area contributed by atoms with Gasteiger partial charge in [0.15, 0.2) is 0 Å². The second-order valence-electron chi connectivity index (χ2n) is 2.95. The van der Waals surface area contributed by atoms with E-state index in [4.69, 9.17) is 16.9 Å². The Labute approximate surface area is 93.2 Å². The van der Waals surface area contributed by atoms with Gasteiger partial charge in [-0.25, -0.2) is 4.79 Å². The van der Waals surface area contributed by atoms with E-state index < -0.39 is 5.97 Å². The van der Waals surface area contributed by atoms with Gasteiger partial charge in [-0.05, 0) is 24.1 Å². The van der Waals surface area contributed by atoms with E-state index in [1.807, 2.05) is 13.0 Å². The third-order valence-electron chi connectivity index (χ3n) is 2.07. The SMILES string of the molecule is CCc1cc(C(=O)OC)cc(C#N)c1Cl. The van der Waals surface area contributed by atoms with Crippen molar-refractivity contribution in [3.63, 3.8) is 0 Å². The molecule has 0 heterocycles. The van der Waals surface area contributed by atoms with Crippen LogP contribution in [0.25, 0.3) is 0 Å². The lowest BCUT2D eigenvalue weighted by molar-refractivity contribution is 0.0600. The molecule has 0 aliphatic rings. The van der Waals surface area contributed by atoms with Gasteiger partial charge in [-0.2, -0.15) is 5.26 Å². The molecule has 0 radical (unpaired) electrons. The smallest absolute Gasteiger partial charge is 0.337 e. The highest BCUT2D eigenvalue weighted by Crippen LogP contribution is 2.23. The van der Waals surface area contributed by atoms with E-state index in [2.05, 4.69) is 4.74 Å². The van der Waals surface area contributed by atoms with Gasteiger partial charge in [0.1, 0.15) is 6.07 Å². The van der Waals surface area contributed by atoms with Crippen LogP contribution < -0.4 is 0 Å². The Morgan fingerprint density at radius 2 is 2.27 bits per heavy atom. The number of rotatable bonds is 2. The predicted molar refractivity (Wildman–Crippen MR) is 56.9 cm³/mol. The first-order valence-electron chi connectivity index (χ1n) is 4.44. The van der Waals surface area contributed by atoms with Crippen LogP contribution in [0.15, 0.2) is 12.1 Å². The van der Waals surface area contributed by atoms with Crippen molar-refractivity contribution in [3.8, 4) is 6.07 Å². The summed E-state index contributed by atoms with van der Waals surface area (Å²) in [6, 6.07) is 5.04. The Bertz CT molecular complexity index is 435. The van der Waals surface area contributed by atoms with Crippen molar-refractivity contribution in [2.45, 2.75) is 13.3 Å². The lowest BCUT2D eigenvalue weighted by atomic mass is 10.0. The molecule has 4 heteroatoms. The monoisotopic (exact) mass is 223 g/mol. The normalized spacial score (nSPS) is 9.47. The average molecular weight is 224 g/mol. The van der Waals surface area contributed by atoms with Crippen LogP contribution in [0.1, 0.15) is 28.4 Å². The number of methoxy groups -OCH3 is 1. The van der Waals surface area contributed by atoms with Crippen molar-refractivity contribution in [1.29, 1.82) is 5.26 Å². The number of esters is 1. The van der Waals surface area contributed by atoms with Gasteiger partial charge in [0.25, 0.3) is 0 Å². The molecule has 0 atom stereocenters. The maximum Gasteiger partial charge on any atom is 0.337 e. The van der Waals surface area contributed by atoms with E-state index in [-0.39, 0.29) is 0 Å². The van der Waals surface area contributed by atoms with Crippen molar-refractivity contribution in [3.05, 3.63) is 33.8 Å². The number of aryl methyl sites for hydroxylation is 1. The predicted octanol–water partition coefficient (Wildman–Crippen LogP) is 2.56. The largest absolute Gasteiger partial charge is 0.465 e. The second-order valence-corrected chi connectivity index (χ2v) is 3.33. The van der Waals surface area contributed by atoms with Gasteiger partial charge in [-0.1, -0.05) is 18.5 Å². The number of carbonyl (C=O) groups is 1. The fourth-order valence-corrected chi connectivity index (χ4v) is 1.54. The molecule has 3 nitrogen and oxygen atoms in total. The highest BCUT2D eigenvalue weighted by atomic mass is 35.5. The van der Waals surface area contributed by atoms with E-state index >= 15 is 0 Å². The van der Waals surface area contributed by atoms with Crippen LogP contribution in [0.2, 0.25) is 5.02 Å². The quantitative estimate of drug-likeness (QED) is 0.724. The lowest BCUT2D eigenvalue weighted by Gasteiger charge is -2.06. The summed E-state index contributed by atoms with van der Waals surface area (Å²) >= 11 is 5.95. The summed E-state index contributed by atoms with van der Waals surface area (Å²) in [7, 11) is 1.30. The Hall–Kier alpha value is -1.53. The molecule has 0 aliphatic heterocycles. The first-order valence-corrected chi connectivity index (χ1v) is 4.82. The number of halogens is 1. The number of hydrogen-bond acceptors (Lipinski definition) is 3. The molecule has 0 aliphatic carbocycles. The van der Waals surface area contributed by atoms with Crippen LogP contribution in [0.3, 0.4) is 0 Å². The van der Waals surface area contributed by atoms with Gasteiger partial charge in [0, 0.05) is 0 Å². The minimum atomic E-state index is -0.460. The number of ether oxygens (including phenoxy) is 1. The van der Waals surface area contributed by atoms with Crippen molar-refractivity contribution in [2.75, 3.05) is 7.11 Å². The van der Waals surface area contributed by atoms with Gasteiger partial charge >= 0.3 is 5.97 Å². The van der Waals surface area contributed by atoms with Crippen molar-refractivity contribution in [2.24, 2.45) is 0 Å². The first kappa shape index (κ1) is 11.5. The summed E-state index contributed by atoms with van der Waals surface area (Å²) in [4.78, 5) is 11.3. The first-order chi connectivity index (χ1) is 7.13. The highest BCUT2D eigenvalue weighted by Gasteiger charge is 2.12. The van der Waals surface area contributed by atoms with Crippen molar-refractivity contribution >= 4 is 17.6 Å². The number of carbonyl (C=O) groups excluding carboxylic acids is 1. The molecule has 0 amide bonds. The minimum Gasteiger partial charge on any atom is -0.465 e. The number of hydrogen-bond donors (Lipinski definition) is 0. The highest BCUT2D eigenvalue weighted by molar-refractivity contribution is 6.32. The molecule has 0 fully saturated rings. The summed E-state index contributed by atoms with van der Waals surface area (Å²) in [5, 5.41) is 9.24. The van der Waals surface area contributed by atoms with E-state index in [0.717, 1.165) is 5.56 Å². The fraction of sp³-hybridized carbons (Fsp3) is 0.273. The van der Waals surface area contributed by atoms with Crippen LogP contribution >= 0.6 is 11.6 Å². The minimum absolute atomic E-state index is 0.302. The van der Waals surface area contributed by atoms with Gasteiger partial charge < -0.3 is 4.74 Å². The summed E-state index contributed by atoms with van der Waals surface area (Å²) < 4.78 is 4.58. The van der Waals surface area contributed by atoms with Crippen LogP contribution in [0.4, 0.5) is 0 Å². The molecule has 0 aromatic heterocycles. The summed E-state index contributed by atoms with van der Waals surface area (Å²) in [6.45, 7) is 1.91. The molecule has 0 saturated heterocycles. The summed E-state index contributed by atoms with van der Waals surface area (Å²) in [5.74, 6) is -0.460. The zero-order valence-electron chi connectivity index (χ0n) is 8.50. The molecular formula is C11H10ClNO2. The maximum absolute atomic E-state index is 11.3. The third kappa shape index (κ3) is 2.28. The van der Waals surface area contributed by atoms with Gasteiger partial charge in [-0.3, -0.25) is 0 Å². The zero-order valence-corrected chi connectivity index (χ0v) is 9.26. The van der Waals surface area contributed by atoms with Crippen LogP contribution in [0.5, 0.6) is 0 Å². The Kier molecular flexibility index (Phi) is 3.70. The van der Waals surface area contributed by atoms with E-state index in [9.17, 15) is 4.79 Å². The topological polar surface area (TPSA) is 50.1 Å². The van der Waals surface area contributed by atoms with Gasteiger partial charge in [0.2, 0.25) is 0 Å². The molecular weight excluding hydrogens is 214 g/mol. The molecule has 0 spiro atoms. The molecule has 78 valence electrons. The Morgan fingerprint density at radius 1 is 1.60 bits per heavy atom. The molecule has 15 heavy (non-hydrogen) atoms. The third-order valence-corrected chi connectivity index (χ3v) is 2.52. The molecule has 1 aromatic rings. The molecule has 0 saturated carbocycles. The number of nitriles is 1. The Morgan fingerprint density at radius 3 is 2.73 bits per heavy atom. The standard InChI is InChI=1S/C11H10ClNO2/c1-3-7-4-8(11(14)15-2)5-9(6-13)10(7)12/h4-5H,3H2,1-2H3. The van der Waals surface area contributed by atoms with Crippen molar-refractivity contribution in [1.82, 2.24) is 0 Å². The van der Waals surface area contributed by atoms with Gasteiger partial charge in [0.05, 0.1) is 23.3 Å². The van der Waals surface area contributed by atoms with Crippen molar-refractivity contribution < 1.29 is 9.53 Å².